The molecule has 0 bridgehead atoms. The summed E-state index contributed by atoms with van der Waals surface area (Å²) in [7, 11) is 0. The molecule has 114 valence electrons. The van der Waals surface area contributed by atoms with Crippen molar-refractivity contribution >= 4 is 0 Å². The smallest absolute Gasteiger partial charge is 0.0942 e. The first kappa shape index (κ1) is 17.2. The van der Waals surface area contributed by atoms with E-state index in [1.54, 1.807) is 6.92 Å². The van der Waals surface area contributed by atoms with Crippen LogP contribution >= 0.6 is 0 Å². The highest BCUT2D eigenvalue weighted by atomic mass is 16.3. The van der Waals surface area contributed by atoms with Crippen molar-refractivity contribution in [3.05, 3.63) is 35.4 Å². The Hall–Kier alpha value is -0.900. The molecule has 1 aromatic carbocycles. The van der Waals surface area contributed by atoms with E-state index in [0.29, 0.717) is 6.54 Å². The molecule has 1 aromatic rings. The minimum absolute atomic E-state index is 0.0370. The Balaban J connectivity index is 2.77. The number of hydrogen-bond acceptors (Lipinski definition) is 3. The maximum atomic E-state index is 10.4. The molecule has 3 atom stereocenters. The molecule has 3 heteroatoms. The van der Waals surface area contributed by atoms with Crippen molar-refractivity contribution in [1.29, 1.82) is 0 Å². The Bertz CT molecular complexity index is 392. The minimum atomic E-state index is -0.548. The Morgan fingerprint density at radius 1 is 1.10 bits per heavy atom. The van der Waals surface area contributed by atoms with E-state index in [1.165, 1.54) is 5.56 Å². The maximum absolute atomic E-state index is 10.4. The lowest BCUT2D eigenvalue weighted by atomic mass is 9.86. The summed E-state index contributed by atoms with van der Waals surface area (Å²) in [5.41, 5.74) is 2.31. The standard InChI is InChI=1S/C17H29NO2/c1-6-15(18-11-12(2)19)16(20)13-7-9-14(10-8-13)17(3,4)5/h7-10,12,15-16,18-20H,6,11H2,1-5H3. The third-order valence-corrected chi connectivity index (χ3v) is 3.61. The number of hydrogen-bond donors (Lipinski definition) is 3. The summed E-state index contributed by atoms with van der Waals surface area (Å²) < 4.78 is 0. The van der Waals surface area contributed by atoms with Gasteiger partial charge in [-0.1, -0.05) is 52.0 Å². The average molecular weight is 279 g/mol. The molecule has 20 heavy (non-hydrogen) atoms. The van der Waals surface area contributed by atoms with Crippen LogP contribution in [0.5, 0.6) is 0 Å². The molecule has 3 unspecified atom stereocenters. The van der Waals surface area contributed by atoms with Gasteiger partial charge in [0.05, 0.1) is 12.2 Å². The third kappa shape index (κ3) is 4.89. The van der Waals surface area contributed by atoms with Crippen LogP contribution in [0.25, 0.3) is 0 Å². The van der Waals surface area contributed by atoms with E-state index >= 15 is 0 Å². The molecule has 3 nitrogen and oxygen atoms in total. The van der Waals surface area contributed by atoms with Crippen LogP contribution in [0, 0.1) is 0 Å². The maximum Gasteiger partial charge on any atom is 0.0942 e. The largest absolute Gasteiger partial charge is 0.392 e. The molecule has 1 rings (SSSR count). The van der Waals surface area contributed by atoms with E-state index in [9.17, 15) is 10.2 Å². The number of nitrogens with one attached hydrogen (secondary N) is 1. The molecule has 0 amide bonds. The van der Waals surface area contributed by atoms with Crippen molar-refractivity contribution < 1.29 is 10.2 Å². The van der Waals surface area contributed by atoms with Gasteiger partial charge in [0, 0.05) is 12.6 Å². The van der Waals surface area contributed by atoms with Crippen LogP contribution in [-0.2, 0) is 5.41 Å². The van der Waals surface area contributed by atoms with Crippen LogP contribution < -0.4 is 5.32 Å². The van der Waals surface area contributed by atoms with Crippen molar-refractivity contribution in [3.63, 3.8) is 0 Å². The van der Waals surface area contributed by atoms with Gasteiger partial charge in [0.2, 0.25) is 0 Å². The zero-order chi connectivity index (χ0) is 15.3. The molecular formula is C17H29NO2. The molecule has 0 saturated carbocycles. The van der Waals surface area contributed by atoms with Crippen LogP contribution in [0.2, 0.25) is 0 Å². The van der Waals surface area contributed by atoms with Gasteiger partial charge in [-0.3, -0.25) is 0 Å². The van der Waals surface area contributed by atoms with Crippen LogP contribution in [0.3, 0.4) is 0 Å². The first-order valence-corrected chi connectivity index (χ1v) is 7.45. The van der Waals surface area contributed by atoms with E-state index in [4.69, 9.17) is 0 Å². The first-order chi connectivity index (χ1) is 9.25. The van der Waals surface area contributed by atoms with Gasteiger partial charge in [-0.15, -0.1) is 0 Å². The predicted molar refractivity (Wildman–Crippen MR) is 83.9 cm³/mol. The topological polar surface area (TPSA) is 52.5 Å². The highest BCUT2D eigenvalue weighted by molar-refractivity contribution is 5.29. The zero-order valence-electron chi connectivity index (χ0n) is 13.4. The Labute approximate surface area is 123 Å². The summed E-state index contributed by atoms with van der Waals surface area (Å²) in [6.45, 7) is 10.8. The second-order valence-corrected chi connectivity index (χ2v) is 6.59. The summed E-state index contributed by atoms with van der Waals surface area (Å²) in [6.07, 6.45) is -0.137. The fourth-order valence-electron chi connectivity index (χ4n) is 2.21. The summed E-state index contributed by atoms with van der Waals surface area (Å²) in [5.74, 6) is 0. The summed E-state index contributed by atoms with van der Waals surface area (Å²) in [5, 5.41) is 23.0. The lowest BCUT2D eigenvalue weighted by Crippen LogP contribution is -2.38. The predicted octanol–water partition coefficient (Wildman–Crippen LogP) is 2.77. The quantitative estimate of drug-likeness (QED) is 0.750. The fourth-order valence-corrected chi connectivity index (χ4v) is 2.21. The number of aliphatic hydroxyl groups excluding tert-OH is 2. The van der Waals surface area contributed by atoms with Gasteiger partial charge in [0.15, 0.2) is 0 Å². The molecule has 0 fully saturated rings. The summed E-state index contributed by atoms with van der Waals surface area (Å²) in [6, 6.07) is 8.13. The molecule has 0 aliphatic carbocycles. The molecule has 0 aliphatic rings. The normalized spacial score (nSPS) is 16.8. The van der Waals surface area contributed by atoms with Crippen LogP contribution in [0.15, 0.2) is 24.3 Å². The van der Waals surface area contributed by atoms with E-state index in [2.05, 4.69) is 38.2 Å². The van der Waals surface area contributed by atoms with Gasteiger partial charge in [-0.2, -0.15) is 0 Å². The van der Waals surface area contributed by atoms with Gasteiger partial charge in [0.1, 0.15) is 0 Å². The highest BCUT2D eigenvalue weighted by Gasteiger charge is 2.20. The zero-order valence-corrected chi connectivity index (χ0v) is 13.4. The number of aliphatic hydroxyl groups is 2. The number of rotatable bonds is 6. The SMILES string of the molecule is CCC(NCC(C)O)C(O)c1ccc(C(C)(C)C)cc1. The number of benzene rings is 1. The Morgan fingerprint density at radius 3 is 2.05 bits per heavy atom. The highest BCUT2D eigenvalue weighted by Crippen LogP contribution is 2.25. The molecule has 0 radical (unpaired) electrons. The minimum Gasteiger partial charge on any atom is -0.392 e. The van der Waals surface area contributed by atoms with Crippen molar-refractivity contribution in [2.45, 2.75) is 64.7 Å². The first-order valence-electron chi connectivity index (χ1n) is 7.45. The molecular weight excluding hydrogens is 250 g/mol. The lowest BCUT2D eigenvalue weighted by Gasteiger charge is -2.25. The van der Waals surface area contributed by atoms with E-state index in [-0.39, 0.29) is 11.5 Å². The Morgan fingerprint density at radius 2 is 1.65 bits per heavy atom. The molecule has 0 saturated heterocycles. The van der Waals surface area contributed by atoms with Crippen molar-refractivity contribution in [2.75, 3.05) is 6.54 Å². The van der Waals surface area contributed by atoms with Gasteiger partial charge >= 0.3 is 0 Å². The van der Waals surface area contributed by atoms with Gasteiger partial charge in [-0.05, 0) is 29.9 Å². The molecule has 0 aromatic heterocycles. The van der Waals surface area contributed by atoms with E-state index in [0.717, 1.165) is 12.0 Å². The van der Waals surface area contributed by atoms with Crippen LogP contribution in [0.4, 0.5) is 0 Å². The van der Waals surface area contributed by atoms with Crippen molar-refractivity contribution in [3.8, 4) is 0 Å². The third-order valence-electron chi connectivity index (χ3n) is 3.61. The van der Waals surface area contributed by atoms with Gasteiger partial charge in [0.25, 0.3) is 0 Å². The van der Waals surface area contributed by atoms with E-state index in [1.807, 2.05) is 19.1 Å². The van der Waals surface area contributed by atoms with Crippen LogP contribution in [-0.4, -0.2) is 28.9 Å². The summed E-state index contributed by atoms with van der Waals surface area (Å²) in [4.78, 5) is 0. The second kappa shape index (κ2) is 7.21. The van der Waals surface area contributed by atoms with Crippen molar-refractivity contribution in [1.82, 2.24) is 5.32 Å². The second-order valence-electron chi connectivity index (χ2n) is 6.59. The summed E-state index contributed by atoms with van der Waals surface area (Å²) >= 11 is 0. The Kier molecular flexibility index (Phi) is 6.18. The van der Waals surface area contributed by atoms with E-state index < -0.39 is 12.2 Å². The van der Waals surface area contributed by atoms with Gasteiger partial charge < -0.3 is 15.5 Å². The van der Waals surface area contributed by atoms with Crippen molar-refractivity contribution in [2.24, 2.45) is 0 Å². The fraction of sp³-hybridized carbons (Fsp3) is 0.647. The molecule has 3 N–H and O–H groups in total. The average Bonchev–Trinajstić information content (AvgIpc) is 2.38. The van der Waals surface area contributed by atoms with Gasteiger partial charge in [-0.25, -0.2) is 0 Å². The molecule has 0 heterocycles. The van der Waals surface area contributed by atoms with Crippen LogP contribution in [0.1, 0.15) is 58.3 Å². The molecule has 0 aliphatic heterocycles. The lowest BCUT2D eigenvalue weighted by molar-refractivity contribution is 0.112. The monoisotopic (exact) mass is 279 g/mol. The molecule has 0 spiro atoms.